The molecule has 0 saturated heterocycles. The van der Waals surface area contributed by atoms with Gasteiger partial charge in [0.15, 0.2) is 0 Å². The van der Waals surface area contributed by atoms with Crippen molar-refractivity contribution in [2.45, 2.75) is 19.5 Å². The Hall–Kier alpha value is -1.32. The Morgan fingerprint density at radius 3 is 2.79 bits per heavy atom. The number of fused-ring (bicyclic) bond motifs is 3. The van der Waals surface area contributed by atoms with Gasteiger partial charge in [-0.1, -0.05) is 18.2 Å². The predicted molar refractivity (Wildman–Crippen MR) is 80.5 cm³/mol. The lowest BCUT2D eigenvalue weighted by Gasteiger charge is -2.24. The van der Waals surface area contributed by atoms with E-state index in [1.165, 1.54) is 23.9 Å². The van der Waals surface area contributed by atoms with Gasteiger partial charge in [-0.3, -0.25) is 0 Å². The van der Waals surface area contributed by atoms with Gasteiger partial charge in [0.2, 0.25) is 0 Å². The number of benzene rings is 1. The van der Waals surface area contributed by atoms with Crippen molar-refractivity contribution in [1.82, 2.24) is 14.4 Å². The van der Waals surface area contributed by atoms with E-state index in [1.54, 1.807) is 11.3 Å². The molecule has 2 heterocycles. The lowest BCUT2D eigenvalue weighted by Crippen LogP contribution is -2.28. The minimum Gasteiger partial charge on any atom is -0.343 e. The number of likely N-dealkylation sites (N-methyl/N-ethyl adjacent to an activating group) is 2. The van der Waals surface area contributed by atoms with E-state index in [0.29, 0.717) is 0 Å². The molecular weight excluding hydrogens is 234 g/mol. The smallest absolute Gasteiger partial charge is 0.0486 e. The molecule has 1 aromatic carbocycles. The van der Waals surface area contributed by atoms with Crippen molar-refractivity contribution in [1.29, 1.82) is 0 Å². The Morgan fingerprint density at radius 1 is 1.21 bits per heavy atom. The number of aromatic nitrogens is 1. The van der Waals surface area contributed by atoms with Crippen molar-refractivity contribution in [3.8, 4) is 0 Å². The molecule has 3 nitrogen and oxygen atoms in total. The molecule has 102 valence electrons. The summed E-state index contributed by atoms with van der Waals surface area (Å²) in [5.41, 5.74) is 4.51. The Balaban J connectivity index is 2.09. The second kappa shape index (κ2) is 4.99. The summed E-state index contributed by atoms with van der Waals surface area (Å²) >= 11 is 0. The monoisotopic (exact) mass is 257 g/mol. The topological polar surface area (TPSA) is 11.4 Å². The highest BCUT2D eigenvalue weighted by molar-refractivity contribution is 5.85. The Bertz CT molecular complexity index is 583. The molecule has 2 aromatic rings. The quantitative estimate of drug-likeness (QED) is 0.835. The van der Waals surface area contributed by atoms with Gasteiger partial charge in [0.1, 0.15) is 0 Å². The van der Waals surface area contributed by atoms with Crippen LogP contribution in [0.5, 0.6) is 0 Å². The molecule has 1 aromatic heterocycles. The summed E-state index contributed by atoms with van der Waals surface area (Å²) in [6.07, 6.45) is 1.17. The third kappa shape index (κ3) is 2.28. The number of hydrogen-bond acceptors (Lipinski definition) is 2. The molecular formula is C16H23N3. The van der Waals surface area contributed by atoms with Crippen molar-refractivity contribution in [2.75, 3.05) is 34.2 Å². The second-order valence-electron chi connectivity index (χ2n) is 5.89. The second-order valence-corrected chi connectivity index (χ2v) is 5.89. The first-order valence-electron chi connectivity index (χ1n) is 7.09. The van der Waals surface area contributed by atoms with Crippen molar-refractivity contribution in [3.05, 3.63) is 35.5 Å². The zero-order chi connectivity index (χ0) is 13.4. The minimum atomic E-state index is 1.09. The van der Waals surface area contributed by atoms with Gasteiger partial charge in [-0.25, -0.2) is 0 Å². The molecule has 19 heavy (non-hydrogen) atoms. The van der Waals surface area contributed by atoms with Gasteiger partial charge in [0.05, 0.1) is 0 Å². The molecule has 0 amide bonds. The van der Waals surface area contributed by atoms with E-state index in [-0.39, 0.29) is 0 Å². The third-order valence-corrected chi connectivity index (χ3v) is 4.12. The summed E-state index contributed by atoms with van der Waals surface area (Å²) in [5.74, 6) is 0. The molecule has 0 aliphatic carbocycles. The predicted octanol–water partition coefficient (Wildman–Crippen LogP) is 2.19. The molecule has 0 saturated carbocycles. The van der Waals surface area contributed by atoms with Gasteiger partial charge in [-0.2, -0.15) is 0 Å². The Morgan fingerprint density at radius 2 is 2.00 bits per heavy atom. The van der Waals surface area contributed by atoms with Crippen LogP contribution in [0.3, 0.4) is 0 Å². The summed E-state index contributed by atoms with van der Waals surface area (Å²) in [6, 6.07) is 8.86. The standard InChI is InChI=1S/C16H23N3/c1-17(2)10-11-19-15-7-5-4-6-13(15)14-12-18(3)9-8-16(14)19/h4-7H,8-12H2,1-3H3. The number of para-hydroxylation sites is 1. The normalized spacial score (nSPS) is 16.2. The van der Waals surface area contributed by atoms with Crippen LogP contribution in [0.2, 0.25) is 0 Å². The first-order valence-corrected chi connectivity index (χ1v) is 7.09. The summed E-state index contributed by atoms with van der Waals surface area (Å²) in [4.78, 5) is 4.68. The van der Waals surface area contributed by atoms with Crippen LogP contribution in [0.4, 0.5) is 0 Å². The summed E-state index contributed by atoms with van der Waals surface area (Å²) < 4.78 is 2.54. The van der Waals surface area contributed by atoms with Crippen molar-refractivity contribution in [3.63, 3.8) is 0 Å². The van der Waals surface area contributed by atoms with Gasteiger partial charge >= 0.3 is 0 Å². The maximum absolute atomic E-state index is 2.54. The SMILES string of the molecule is CN(C)CCn1c2c(c3ccccc31)CN(C)CC2. The maximum atomic E-state index is 2.54. The highest BCUT2D eigenvalue weighted by Crippen LogP contribution is 2.30. The molecule has 0 atom stereocenters. The average molecular weight is 257 g/mol. The van der Waals surface area contributed by atoms with E-state index in [0.717, 1.165) is 19.6 Å². The lowest BCUT2D eigenvalue weighted by atomic mass is 10.1. The van der Waals surface area contributed by atoms with E-state index in [1.807, 2.05) is 0 Å². The van der Waals surface area contributed by atoms with E-state index < -0.39 is 0 Å². The van der Waals surface area contributed by atoms with Crippen LogP contribution in [-0.4, -0.2) is 48.6 Å². The van der Waals surface area contributed by atoms with E-state index in [4.69, 9.17) is 0 Å². The fourth-order valence-electron chi connectivity index (χ4n) is 3.09. The van der Waals surface area contributed by atoms with E-state index in [9.17, 15) is 0 Å². The highest BCUT2D eigenvalue weighted by atomic mass is 15.1. The number of hydrogen-bond donors (Lipinski definition) is 0. The van der Waals surface area contributed by atoms with Gasteiger partial charge in [0, 0.05) is 49.2 Å². The molecule has 1 aliphatic heterocycles. The van der Waals surface area contributed by atoms with Crippen LogP contribution in [0.15, 0.2) is 24.3 Å². The molecule has 0 unspecified atom stereocenters. The Labute approximate surface area is 115 Å². The summed E-state index contributed by atoms with van der Waals surface area (Å²) in [7, 11) is 6.51. The number of rotatable bonds is 3. The Kier molecular flexibility index (Phi) is 3.33. The van der Waals surface area contributed by atoms with Crippen LogP contribution in [-0.2, 0) is 19.5 Å². The maximum Gasteiger partial charge on any atom is 0.0486 e. The van der Waals surface area contributed by atoms with E-state index >= 15 is 0 Å². The molecule has 0 N–H and O–H groups in total. The highest BCUT2D eigenvalue weighted by Gasteiger charge is 2.21. The molecule has 0 radical (unpaired) electrons. The van der Waals surface area contributed by atoms with Gasteiger partial charge in [0.25, 0.3) is 0 Å². The van der Waals surface area contributed by atoms with E-state index in [2.05, 4.69) is 59.8 Å². The zero-order valence-electron chi connectivity index (χ0n) is 12.2. The molecule has 3 heteroatoms. The van der Waals surface area contributed by atoms with Crippen LogP contribution >= 0.6 is 0 Å². The fraction of sp³-hybridized carbons (Fsp3) is 0.500. The van der Waals surface area contributed by atoms with Crippen molar-refractivity contribution >= 4 is 10.9 Å². The lowest BCUT2D eigenvalue weighted by molar-refractivity contribution is 0.306. The van der Waals surface area contributed by atoms with Crippen LogP contribution in [0, 0.1) is 0 Å². The minimum absolute atomic E-state index is 1.09. The molecule has 3 rings (SSSR count). The largest absolute Gasteiger partial charge is 0.343 e. The first-order chi connectivity index (χ1) is 9.16. The third-order valence-electron chi connectivity index (χ3n) is 4.12. The van der Waals surface area contributed by atoms with Gasteiger partial charge < -0.3 is 14.4 Å². The molecule has 0 fully saturated rings. The van der Waals surface area contributed by atoms with Crippen molar-refractivity contribution in [2.24, 2.45) is 0 Å². The molecule has 1 aliphatic rings. The number of nitrogens with zero attached hydrogens (tertiary/aromatic N) is 3. The fourth-order valence-corrected chi connectivity index (χ4v) is 3.09. The van der Waals surface area contributed by atoms with Crippen LogP contribution < -0.4 is 0 Å². The molecule has 0 spiro atoms. The average Bonchev–Trinajstić information content (AvgIpc) is 2.70. The van der Waals surface area contributed by atoms with Gasteiger partial charge in [-0.05, 0) is 32.8 Å². The molecule has 0 bridgehead atoms. The van der Waals surface area contributed by atoms with Crippen LogP contribution in [0.1, 0.15) is 11.3 Å². The zero-order valence-corrected chi connectivity index (χ0v) is 12.2. The van der Waals surface area contributed by atoms with Gasteiger partial charge in [-0.15, -0.1) is 0 Å². The van der Waals surface area contributed by atoms with Crippen molar-refractivity contribution < 1.29 is 0 Å². The summed E-state index contributed by atoms with van der Waals surface area (Å²) in [6.45, 7) is 4.45. The van der Waals surface area contributed by atoms with Crippen LogP contribution in [0.25, 0.3) is 10.9 Å². The first kappa shape index (κ1) is 12.7. The summed E-state index contributed by atoms with van der Waals surface area (Å²) in [5, 5.41) is 1.45.